The van der Waals surface area contributed by atoms with Crippen LogP contribution in [0.5, 0.6) is 0 Å². The van der Waals surface area contributed by atoms with Gasteiger partial charge in [0.05, 0.1) is 17.3 Å². The number of hydrogen-bond acceptors (Lipinski definition) is 4. The summed E-state index contributed by atoms with van der Waals surface area (Å²) in [6.45, 7) is 1.24. The van der Waals surface area contributed by atoms with Crippen molar-refractivity contribution in [2.75, 3.05) is 25.1 Å². The van der Waals surface area contributed by atoms with Gasteiger partial charge in [-0.3, -0.25) is 9.78 Å². The van der Waals surface area contributed by atoms with Crippen LogP contribution in [-0.2, 0) is 9.53 Å². The van der Waals surface area contributed by atoms with Crippen molar-refractivity contribution in [3.63, 3.8) is 0 Å². The molecule has 0 aliphatic carbocycles. The van der Waals surface area contributed by atoms with Crippen LogP contribution in [0.2, 0.25) is 0 Å². The number of pyridine rings is 1. The monoisotopic (exact) mass is 253 g/mol. The number of hydrogen-bond donors (Lipinski definition) is 2. The van der Waals surface area contributed by atoms with E-state index in [4.69, 9.17) is 10.5 Å². The summed E-state index contributed by atoms with van der Waals surface area (Å²) >= 11 is 0. The van der Waals surface area contributed by atoms with Crippen LogP contribution in [-0.4, -0.2) is 30.6 Å². The molecule has 98 valence electrons. The van der Waals surface area contributed by atoms with Gasteiger partial charge in [-0.25, -0.2) is 4.39 Å². The van der Waals surface area contributed by atoms with Crippen molar-refractivity contribution in [2.24, 2.45) is 11.1 Å². The lowest BCUT2D eigenvalue weighted by Gasteiger charge is -2.34. The molecule has 0 aromatic carbocycles. The Balaban J connectivity index is 2.13. The maximum absolute atomic E-state index is 13.4. The Hall–Kier alpha value is -1.53. The van der Waals surface area contributed by atoms with Crippen LogP contribution in [0.1, 0.15) is 12.8 Å². The summed E-state index contributed by atoms with van der Waals surface area (Å²) < 4.78 is 18.6. The van der Waals surface area contributed by atoms with Gasteiger partial charge < -0.3 is 15.8 Å². The average Bonchev–Trinajstić information content (AvgIpc) is 2.42. The first-order chi connectivity index (χ1) is 8.68. The minimum atomic E-state index is -0.659. The molecular weight excluding hydrogens is 237 g/mol. The summed E-state index contributed by atoms with van der Waals surface area (Å²) in [6.07, 6.45) is 3.61. The van der Waals surface area contributed by atoms with Crippen LogP contribution in [0.3, 0.4) is 0 Å². The van der Waals surface area contributed by atoms with Crippen LogP contribution in [0.15, 0.2) is 18.5 Å². The molecule has 2 heterocycles. The van der Waals surface area contributed by atoms with Crippen LogP contribution in [0.4, 0.5) is 10.1 Å². The highest BCUT2D eigenvalue weighted by molar-refractivity contribution is 5.95. The summed E-state index contributed by atoms with van der Waals surface area (Å²) in [5, 5.41) is 2.58. The smallest absolute Gasteiger partial charge is 0.232 e. The molecule has 0 unspecified atom stereocenters. The predicted octanol–water partition coefficient (Wildman–Crippen LogP) is 0.915. The molecule has 2 rings (SSSR count). The van der Waals surface area contributed by atoms with E-state index in [1.807, 2.05) is 0 Å². The molecule has 6 heteroatoms. The fraction of sp³-hybridized carbons (Fsp3) is 0.500. The molecule has 3 N–H and O–H groups in total. The number of carbonyl (C=O) groups excluding carboxylic acids is 1. The summed E-state index contributed by atoms with van der Waals surface area (Å²) in [7, 11) is 0. The first-order valence-corrected chi connectivity index (χ1v) is 5.87. The SMILES string of the molecule is NCC1(C(=O)Nc2ccncc2F)CCOCC1. The van der Waals surface area contributed by atoms with Gasteiger partial charge in [0, 0.05) is 26.0 Å². The molecule has 1 amide bonds. The Bertz CT molecular complexity index is 433. The van der Waals surface area contributed by atoms with Gasteiger partial charge in [0.1, 0.15) is 0 Å². The second kappa shape index (κ2) is 5.41. The minimum Gasteiger partial charge on any atom is -0.381 e. The normalized spacial score (nSPS) is 18.3. The molecule has 1 aromatic heterocycles. The van der Waals surface area contributed by atoms with Crippen molar-refractivity contribution in [3.05, 3.63) is 24.3 Å². The molecule has 5 nitrogen and oxygen atoms in total. The lowest BCUT2D eigenvalue weighted by atomic mass is 9.79. The van der Waals surface area contributed by atoms with E-state index in [0.717, 1.165) is 6.20 Å². The zero-order chi connectivity index (χ0) is 13.0. The van der Waals surface area contributed by atoms with Gasteiger partial charge in [-0.1, -0.05) is 0 Å². The number of rotatable bonds is 3. The summed E-state index contributed by atoms with van der Waals surface area (Å²) in [4.78, 5) is 15.9. The van der Waals surface area contributed by atoms with Gasteiger partial charge in [0.25, 0.3) is 0 Å². The lowest BCUT2D eigenvalue weighted by molar-refractivity contribution is -0.130. The van der Waals surface area contributed by atoms with Crippen molar-refractivity contribution in [1.29, 1.82) is 0 Å². The Morgan fingerprint density at radius 1 is 1.56 bits per heavy atom. The predicted molar refractivity (Wildman–Crippen MR) is 64.4 cm³/mol. The van der Waals surface area contributed by atoms with E-state index in [1.165, 1.54) is 12.3 Å². The van der Waals surface area contributed by atoms with Gasteiger partial charge in [-0.2, -0.15) is 0 Å². The molecule has 0 spiro atoms. The highest BCUT2D eigenvalue weighted by Crippen LogP contribution is 2.31. The van der Waals surface area contributed by atoms with E-state index in [9.17, 15) is 9.18 Å². The third-order valence-electron chi connectivity index (χ3n) is 3.34. The second-order valence-corrected chi connectivity index (χ2v) is 4.41. The molecule has 0 bridgehead atoms. The number of aromatic nitrogens is 1. The molecule has 1 saturated heterocycles. The molecule has 0 saturated carbocycles. The van der Waals surface area contributed by atoms with E-state index in [1.54, 1.807) is 0 Å². The molecule has 1 aliphatic rings. The third kappa shape index (κ3) is 2.49. The average molecular weight is 253 g/mol. The van der Waals surface area contributed by atoms with Gasteiger partial charge >= 0.3 is 0 Å². The molecule has 1 aromatic rings. The molecular formula is C12H16FN3O2. The quantitative estimate of drug-likeness (QED) is 0.839. The maximum Gasteiger partial charge on any atom is 0.232 e. The summed E-state index contributed by atoms with van der Waals surface area (Å²) in [5.41, 5.74) is 5.18. The third-order valence-corrected chi connectivity index (χ3v) is 3.34. The van der Waals surface area contributed by atoms with Gasteiger partial charge in [-0.15, -0.1) is 0 Å². The van der Waals surface area contributed by atoms with Gasteiger partial charge in [-0.05, 0) is 18.9 Å². The molecule has 0 radical (unpaired) electrons. The van der Waals surface area contributed by atoms with E-state index in [2.05, 4.69) is 10.3 Å². The molecule has 0 atom stereocenters. The topological polar surface area (TPSA) is 77.2 Å². The van der Waals surface area contributed by atoms with Crippen LogP contribution < -0.4 is 11.1 Å². The number of ether oxygens (including phenoxy) is 1. The maximum atomic E-state index is 13.4. The summed E-state index contributed by atoms with van der Waals surface area (Å²) in [5.74, 6) is -0.802. The number of amides is 1. The minimum absolute atomic E-state index is 0.134. The van der Waals surface area contributed by atoms with Crippen molar-refractivity contribution >= 4 is 11.6 Å². The molecule has 1 fully saturated rings. The summed E-state index contributed by atoms with van der Waals surface area (Å²) in [6, 6.07) is 1.43. The Kier molecular flexibility index (Phi) is 3.88. The largest absolute Gasteiger partial charge is 0.381 e. The highest BCUT2D eigenvalue weighted by Gasteiger charge is 2.39. The Labute approximate surface area is 105 Å². The number of nitrogens with one attached hydrogen (secondary N) is 1. The Morgan fingerprint density at radius 2 is 2.28 bits per heavy atom. The van der Waals surface area contributed by atoms with Crippen molar-refractivity contribution in [2.45, 2.75) is 12.8 Å². The van der Waals surface area contributed by atoms with Crippen molar-refractivity contribution in [3.8, 4) is 0 Å². The standard InChI is InChI=1S/C12H16FN3O2/c13-9-7-15-4-1-10(9)16-11(17)12(8-14)2-5-18-6-3-12/h1,4,7H,2-3,5-6,8,14H2,(H,15,16,17). The van der Waals surface area contributed by atoms with E-state index in [0.29, 0.717) is 26.1 Å². The lowest BCUT2D eigenvalue weighted by Crippen LogP contribution is -2.46. The number of anilines is 1. The van der Waals surface area contributed by atoms with Gasteiger partial charge in [0.2, 0.25) is 5.91 Å². The number of halogens is 1. The zero-order valence-electron chi connectivity index (χ0n) is 9.99. The van der Waals surface area contributed by atoms with E-state index in [-0.39, 0.29) is 18.1 Å². The highest BCUT2D eigenvalue weighted by atomic mass is 19.1. The van der Waals surface area contributed by atoms with E-state index >= 15 is 0 Å². The van der Waals surface area contributed by atoms with Crippen molar-refractivity contribution in [1.82, 2.24) is 4.98 Å². The molecule has 1 aliphatic heterocycles. The van der Waals surface area contributed by atoms with Crippen molar-refractivity contribution < 1.29 is 13.9 Å². The second-order valence-electron chi connectivity index (χ2n) is 4.41. The number of nitrogens with zero attached hydrogens (tertiary/aromatic N) is 1. The van der Waals surface area contributed by atoms with E-state index < -0.39 is 11.2 Å². The first kappa shape index (κ1) is 12.9. The first-order valence-electron chi connectivity index (χ1n) is 5.87. The fourth-order valence-corrected chi connectivity index (χ4v) is 2.02. The van der Waals surface area contributed by atoms with Gasteiger partial charge in [0.15, 0.2) is 5.82 Å². The fourth-order valence-electron chi connectivity index (χ4n) is 2.02. The van der Waals surface area contributed by atoms with Crippen LogP contribution in [0.25, 0.3) is 0 Å². The van der Waals surface area contributed by atoms with Crippen LogP contribution in [0, 0.1) is 11.2 Å². The zero-order valence-corrected chi connectivity index (χ0v) is 9.99. The number of carbonyl (C=O) groups is 1. The Morgan fingerprint density at radius 3 is 2.89 bits per heavy atom. The number of nitrogens with two attached hydrogens (primary N) is 1. The molecule has 18 heavy (non-hydrogen) atoms. The van der Waals surface area contributed by atoms with Crippen LogP contribution >= 0.6 is 0 Å².